The minimum absolute atomic E-state index is 0.0553. The van der Waals surface area contributed by atoms with Crippen molar-refractivity contribution in [1.82, 2.24) is 14.8 Å². The lowest BCUT2D eigenvalue weighted by atomic mass is 9.73. The number of ketones is 1. The summed E-state index contributed by atoms with van der Waals surface area (Å²) >= 11 is 0. The molecule has 57 heavy (non-hydrogen) atoms. The van der Waals surface area contributed by atoms with E-state index in [1.165, 1.54) is 6.92 Å². The van der Waals surface area contributed by atoms with Gasteiger partial charge in [0.1, 0.15) is 12.2 Å². The Hall–Kier alpha value is -3.82. The molecule has 2 bridgehead atoms. The van der Waals surface area contributed by atoms with E-state index in [-0.39, 0.29) is 50.0 Å². The van der Waals surface area contributed by atoms with Crippen molar-refractivity contribution in [2.24, 2.45) is 22.7 Å². The van der Waals surface area contributed by atoms with E-state index in [1.807, 2.05) is 82.3 Å². The Labute approximate surface area is 334 Å². The molecule has 0 aliphatic carbocycles. The van der Waals surface area contributed by atoms with Crippen LogP contribution in [0.2, 0.25) is 0 Å². The summed E-state index contributed by atoms with van der Waals surface area (Å²) in [6.45, 7) is 13.3. The topological polar surface area (TPSA) is 149 Å². The maximum Gasteiger partial charge on any atom is 0.410 e. The van der Waals surface area contributed by atoms with E-state index >= 15 is 4.39 Å². The highest BCUT2D eigenvalue weighted by atomic mass is 19.1. The zero-order chi connectivity index (χ0) is 41.4. The second-order valence-corrected chi connectivity index (χ2v) is 16.9. The van der Waals surface area contributed by atoms with Crippen LogP contribution in [0.25, 0.3) is 17.0 Å². The number of carbonyl (C=O) groups is 3. The van der Waals surface area contributed by atoms with Crippen molar-refractivity contribution in [2.45, 2.75) is 128 Å². The normalized spacial score (nSPS) is 38.2. The molecule has 5 heterocycles. The van der Waals surface area contributed by atoms with E-state index in [4.69, 9.17) is 28.7 Å². The summed E-state index contributed by atoms with van der Waals surface area (Å²) in [6.07, 6.45) is -1.72. The molecule has 6 rings (SSSR count). The van der Waals surface area contributed by atoms with E-state index in [0.717, 1.165) is 22.2 Å². The third-order valence-corrected chi connectivity index (χ3v) is 12.5. The molecule has 2 aromatic rings. The predicted molar refractivity (Wildman–Crippen MR) is 212 cm³/mol. The molecule has 14 heteroatoms. The van der Waals surface area contributed by atoms with Gasteiger partial charge in [0, 0.05) is 41.7 Å². The van der Waals surface area contributed by atoms with Gasteiger partial charge in [-0.1, -0.05) is 58.0 Å². The number of benzene rings is 1. The van der Waals surface area contributed by atoms with Gasteiger partial charge in [-0.25, -0.2) is 14.0 Å². The first kappa shape index (κ1) is 42.8. The third kappa shape index (κ3) is 8.52. The zero-order valence-electron chi connectivity index (χ0n) is 34.6. The Balaban J connectivity index is 1.42. The van der Waals surface area contributed by atoms with Crippen LogP contribution in [-0.2, 0) is 33.3 Å². The first-order valence-electron chi connectivity index (χ1n) is 20.2. The number of aliphatic hydroxyl groups is 1. The number of cyclic esters (lactones) is 1. The highest BCUT2D eigenvalue weighted by Gasteiger charge is 2.60. The molecule has 13 atom stereocenters. The number of aromatic nitrogens is 1. The number of hydrogen-bond acceptors (Lipinski definition) is 12. The number of aliphatic hydroxyl groups excluding tert-OH is 1. The van der Waals surface area contributed by atoms with Crippen LogP contribution in [0.4, 0.5) is 9.18 Å². The lowest BCUT2D eigenvalue weighted by Gasteiger charge is -2.47. The number of Topliss-reactive ketones (excluding diaryl/α,β-unsaturated/α-hetero) is 1. The van der Waals surface area contributed by atoms with Crippen molar-refractivity contribution < 1.29 is 47.6 Å². The van der Waals surface area contributed by atoms with Gasteiger partial charge in [0.2, 0.25) is 0 Å². The standard InChI is InChI=1S/C43H59FN4O9/c1-10-32-43(7)37-26(4)34(45-17-18-48(37)41(52)57-43)24(2)22-42(6,53-19-13-14-28-21-29-15-11-12-16-30(29)46-23-28)38(27(5)35(49)33(44)39(51)55-32)56-40-36(50)31(47(8)9)20-25(3)54-40/h11-16,21,23-27,31-33,36-38,40,50H,10,17-20,22H2,1-9H3/b14-13+/t24-,25-,26-,27+,31+,32+,33?,36-,37-,38-,40+,42+,43-/m1/s1. The number of rotatable bonds is 8. The smallest absolute Gasteiger partial charge is 0.410 e. The van der Waals surface area contributed by atoms with Gasteiger partial charge in [-0.2, -0.15) is 0 Å². The number of aliphatic imine (C=N–C) groups is 1. The molecule has 1 N–H and O–H groups in total. The van der Waals surface area contributed by atoms with Crippen LogP contribution in [0.5, 0.6) is 0 Å². The lowest BCUT2D eigenvalue weighted by Crippen LogP contribution is -2.60. The van der Waals surface area contributed by atoms with E-state index in [9.17, 15) is 19.5 Å². The molecule has 0 radical (unpaired) electrons. The Morgan fingerprint density at radius 1 is 1.11 bits per heavy atom. The molecule has 1 amide bonds. The van der Waals surface area contributed by atoms with Crippen LogP contribution in [0, 0.1) is 17.8 Å². The van der Waals surface area contributed by atoms with Gasteiger partial charge in [-0.15, -0.1) is 0 Å². The third-order valence-electron chi connectivity index (χ3n) is 12.5. The minimum Gasteiger partial charge on any atom is -0.456 e. The molecular weight excluding hydrogens is 735 g/mol. The first-order valence-corrected chi connectivity index (χ1v) is 20.2. The van der Waals surface area contributed by atoms with E-state index in [2.05, 4.69) is 4.98 Å². The molecule has 0 saturated carbocycles. The summed E-state index contributed by atoms with van der Waals surface area (Å²) in [6, 6.07) is 8.89. The summed E-state index contributed by atoms with van der Waals surface area (Å²) in [5.41, 5.74) is -0.193. The Morgan fingerprint density at radius 3 is 2.56 bits per heavy atom. The molecule has 3 fully saturated rings. The number of hydrogen-bond donors (Lipinski definition) is 1. The van der Waals surface area contributed by atoms with Gasteiger partial charge in [-0.05, 0) is 77.7 Å². The van der Waals surface area contributed by atoms with Crippen LogP contribution >= 0.6 is 0 Å². The van der Waals surface area contributed by atoms with Crippen LogP contribution in [0.15, 0.2) is 47.6 Å². The van der Waals surface area contributed by atoms with Gasteiger partial charge in [0.25, 0.3) is 6.17 Å². The Bertz CT molecular complexity index is 1860. The number of fused-ring (bicyclic) bond motifs is 2. The quantitative estimate of drug-likeness (QED) is 0.270. The zero-order valence-corrected chi connectivity index (χ0v) is 34.6. The second kappa shape index (κ2) is 17.2. The van der Waals surface area contributed by atoms with Crippen LogP contribution < -0.4 is 0 Å². The van der Waals surface area contributed by atoms with Gasteiger partial charge in [-0.3, -0.25) is 19.7 Å². The SMILES string of the molecule is CC[C@@H]1OC(=O)C(F)C(=O)[C@H](C)[C@@H](O[C@@H]2O[C@H](C)C[C@H](N(C)C)[C@H]2O)[C@@](C)(OC/C=C/c2cnc3ccccc3c2)C[C@@H](C)C2=NCCN3C(=O)O[C@@]1(C)[C@H]3[C@@H]2C. The van der Waals surface area contributed by atoms with Gasteiger partial charge in [0.15, 0.2) is 17.7 Å². The second-order valence-electron chi connectivity index (χ2n) is 16.9. The number of carbonyl (C=O) groups excluding carboxylic acids is 3. The van der Waals surface area contributed by atoms with Crippen LogP contribution in [0.1, 0.15) is 73.3 Å². The molecule has 4 aliphatic heterocycles. The van der Waals surface area contributed by atoms with Crippen LogP contribution in [0.3, 0.4) is 0 Å². The number of esters is 1. The number of pyridine rings is 1. The summed E-state index contributed by atoms with van der Waals surface area (Å²) in [5, 5.41) is 12.6. The number of nitrogens with zero attached hydrogens (tertiary/aromatic N) is 4. The number of halogens is 1. The highest BCUT2D eigenvalue weighted by molar-refractivity contribution is 6.03. The van der Waals surface area contributed by atoms with E-state index in [0.29, 0.717) is 13.0 Å². The number of amides is 1. The molecule has 3 saturated heterocycles. The maximum absolute atomic E-state index is 16.4. The minimum atomic E-state index is -2.68. The van der Waals surface area contributed by atoms with Gasteiger partial charge < -0.3 is 33.7 Å². The number of likely N-dealkylation sites (N-methyl/N-ethyl adjacent to an activating group) is 1. The number of para-hydroxylation sites is 1. The monoisotopic (exact) mass is 794 g/mol. The van der Waals surface area contributed by atoms with Gasteiger partial charge >= 0.3 is 12.1 Å². The fourth-order valence-corrected chi connectivity index (χ4v) is 9.64. The molecule has 1 aromatic carbocycles. The lowest BCUT2D eigenvalue weighted by molar-refractivity contribution is -0.296. The summed E-state index contributed by atoms with van der Waals surface area (Å²) in [7, 11) is 3.71. The Morgan fingerprint density at radius 2 is 1.84 bits per heavy atom. The Kier molecular flexibility index (Phi) is 12.9. The molecule has 0 spiro atoms. The van der Waals surface area contributed by atoms with Crippen molar-refractivity contribution in [3.8, 4) is 0 Å². The average molecular weight is 795 g/mol. The molecule has 1 unspecified atom stereocenters. The number of ether oxygens (including phenoxy) is 5. The largest absolute Gasteiger partial charge is 0.456 e. The van der Waals surface area contributed by atoms with Crippen molar-refractivity contribution >= 4 is 40.5 Å². The summed E-state index contributed by atoms with van der Waals surface area (Å²) < 4.78 is 47.9. The molecular formula is C43H59FN4O9. The predicted octanol–water partition coefficient (Wildman–Crippen LogP) is 5.41. The number of alkyl halides is 1. The average Bonchev–Trinajstić information content (AvgIpc) is 3.30. The van der Waals surface area contributed by atoms with Crippen molar-refractivity contribution in [2.75, 3.05) is 33.8 Å². The van der Waals surface area contributed by atoms with E-state index < -0.39 is 71.8 Å². The molecule has 4 aliphatic rings. The molecule has 312 valence electrons. The van der Waals surface area contributed by atoms with Crippen molar-refractivity contribution in [1.29, 1.82) is 0 Å². The summed E-state index contributed by atoms with van der Waals surface area (Å²) in [4.78, 5) is 54.3. The highest BCUT2D eigenvalue weighted by Crippen LogP contribution is 2.44. The van der Waals surface area contributed by atoms with Gasteiger partial charge in [0.05, 0.1) is 42.5 Å². The van der Waals surface area contributed by atoms with Crippen molar-refractivity contribution in [3.05, 3.63) is 48.2 Å². The first-order chi connectivity index (χ1) is 27.0. The maximum atomic E-state index is 16.4. The molecule has 13 nitrogen and oxygen atoms in total. The molecule has 1 aromatic heterocycles. The fourth-order valence-electron chi connectivity index (χ4n) is 9.64. The van der Waals surface area contributed by atoms with E-state index in [1.54, 1.807) is 31.9 Å². The fraction of sp³-hybridized carbons (Fsp3) is 0.651. The van der Waals surface area contributed by atoms with Crippen molar-refractivity contribution in [3.63, 3.8) is 0 Å². The summed E-state index contributed by atoms with van der Waals surface area (Å²) in [5.74, 6) is -4.42. The van der Waals surface area contributed by atoms with Crippen LogP contribution in [-0.4, -0.2) is 137 Å².